The minimum atomic E-state index is -0.856. The second kappa shape index (κ2) is 11.5. The molecule has 3 amide bonds. The summed E-state index contributed by atoms with van der Waals surface area (Å²) >= 11 is 0. The standard InChI is InChI=1S/C28H37N3O5/c1-18-10-11-19(2)23(16-18)25(26(33)30-20-12-14-22(35-6)15-13-20)31(21-8-7-9-21)24(32)17-29-27(34)36-28(3,4)5/h10-16,21,25H,7-9,17H2,1-6H3,(H,29,34)(H,30,33). The summed E-state index contributed by atoms with van der Waals surface area (Å²) in [6.07, 6.45) is 1.91. The minimum absolute atomic E-state index is 0.0931. The maximum Gasteiger partial charge on any atom is 0.408 e. The number of nitrogens with zero attached hydrogens (tertiary/aromatic N) is 1. The second-order valence-electron chi connectivity index (χ2n) is 10.2. The van der Waals surface area contributed by atoms with E-state index in [1.807, 2.05) is 32.0 Å². The van der Waals surface area contributed by atoms with Crippen LogP contribution in [0.1, 0.15) is 62.8 Å². The van der Waals surface area contributed by atoms with E-state index >= 15 is 0 Å². The Hall–Kier alpha value is -3.55. The van der Waals surface area contributed by atoms with E-state index in [1.54, 1.807) is 57.0 Å². The molecule has 0 heterocycles. The van der Waals surface area contributed by atoms with Crippen molar-refractivity contribution in [2.75, 3.05) is 19.0 Å². The van der Waals surface area contributed by atoms with Gasteiger partial charge in [-0.1, -0.05) is 23.8 Å². The highest BCUT2D eigenvalue weighted by molar-refractivity contribution is 5.98. The van der Waals surface area contributed by atoms with Gasteiger partial charge >= 0.3 is 6.09 Å². The van der Waals surface area contributed by atoms with Gasteiger partial charge in [-0.05, 0) is 89.3 Å². The number of anilines is 1. The molecule has 0 spiro atoms. The minimum Gasteiger partial charge on any atom is -0.497 e. The van der Waals surface area contributed by atoms with Crippen LogP contribution < -0.4 is 15.4 Å². The number of nitrogens with one attached hydrogen (secondary N) is 2. The van der Waals surface area contributed by atoms with Gasteiger partial charge in [0.1, 0.15) is 23.9 Å². The first-order chi connectivity index (χ1) is 17.0. The average molecular weight is 496 g/mol. The summed E-state index contributed by atoms with van der Waals surface area (Å²) in [5.74, 6) is 0.0336. The molecule has 2 aromatic carbocycles. The summed E-state index contributed by atoms with van der Waals surface area (Å²) in [5.41, 5.74) is 2.58. The van der Waals surface area contributed by atoms with E-state index in [-0.39, 0.29) is 24.4 Å². The zero-order chi connectivity index (χ0) is 26.5. The molecule has 8 nitrogen and oxygen atoms in total. The van der Waals surface area contributed by atoms with Gasteiger partial charge in [-0.25, -0.2) is 4.79 Å². The fourth-order valence-corrected chi connectivity index (χ4v) is 4.13. The summed E-state index contributed by atoms with van der Waals surface area (Å²) in [4.78, 5) is 41.2. The maximum absolute atomic E-state index is 13.8. The molecule has 1 unspecified atom stereocenters. The number of amides is 3. The Balaban J connectivity index is 1.92. The molecule has 0 bridgehead atoms. The van der Waals surface area contributed by atoms with E-state index in [1.165, 1.54) is 0 Å². The maximum atomic E-state index is 13.8. The first-order valence-corrected chi connectivity index (χ1v) is 12.3. The van der Waals surface area contributed by atoms with Crippen molar-refractivity contribution in [2.24, 2.45) is 0 Å². The molecule has 194 valence electrons. The first kappa shape index (κ1) is 27.0. The molecule has 36 heavy (non-hydrogen) atoms. The molecule has 0 aliphatic heterocycles. The zero-order valence-corrected chi connectivity index (χ0v) is 22.0. The fourth-order valence-electron chi connectivity index (χ4n) is 4.13. The van der Waals surface area contributed by atoms with E-state index in [0.29, 0.717) is 11.4 Å². The number of carbonyl (C=O) groups is 3. The van der Waals surface area contributed by atoms with Crippen LogP contribution in [0, 0.1) is 13.8 Å². The molecule has 1 aliphatic carbocycles. The van der Waals surface area contributed by atoms with Crippen molar-refractivity contribution in [3.63, 3.8) is 0 Å². The molecule has 1 aliphatic rings. The van der Waals surface area contributed by atoms with Gasteiger partial charge in [0.2, 0.25) is 5.91 Å². The molecule has 2 aromatic rings. The third-order valence-corrected chi connectivity index (χ3v) is 6.15. The van der Waals surface area contributed by atoms with Crippen LogP contribution in [0.5, 0.6) is 5.75 Å². The highest BCUT2D eigenvalue weighted by Gasteiger charge is 2.39. The molecule has 1 atom stereocenters. The summed E-state index contributed by atoms with van der Waals surface area (Å²) in [6.45, 7) is 8.91. The van der Waals surface area contributed by atoms with Crippen molar-refractivity contribution in [2.45, 2.75) is 71.6 Å². The van der Waals surface area contributed by atoms with E-state index in [2.05, 4.69) is 10.6 Å². The quantitative estimate of drug-likeness (QED) is 0.543. The predicted octanol–water partition coefficient (Wildman–Crippen LogP) is 4.90. The molecule has 8 heteroatoms. The molecular formula is C28H37N3O5. The van der Waals surface area contributed by atoms with Crippen LogP contribution in [0.4, 0.5) is 10.5 Å². The van der Waals surface area contributed by atoms with Gasteiger partial charge in [0, 0.05) is 11.7 Å². The van der Waals surface area contributed by atoms with Gasteiger partial charge < -0.3 is 25.0 Å². The number of carbonyl (C=O) groups excluding carboxylic acids is 3. The summed E-state index contributed by atoms with van der Waals surface area (Å²) in [7, 11) is 1.58. The van der Waals surface area contributed by atoms with Crippen molar-refractivity contribution in [1.29, 1.82) is 0 Å². The van der Waals surface area contributed by atoms with E-state index in [9.17, 15) is 14.4 Å². The molecule has 0 radical (unpaired) electrons. The molecule has 0 aromatic heterocycles. The summed E-state index contributed by atoms with van der Waals surface area (Å²) in [5, 5.41) is 5.53. The van der Waals surface area contributed by atoms with Gasteiger partial charge in [0.25, 0.3) is 5.91 Å². The SMILES string of the molecule is COc1ccc(NC(=O)C(c2cc(C)ccc2C)N(C(=O)CNC(=O)OC(C)(C)C)C2CCC2)cc1. The van der Waals surface area contributed by atoms with Crippen molar-refractivity contribution < 1.29 is 23.9 Å². The Kier molecular flexibility index (Phi) is 8.61. The van der Waals surface area contributed by atoms with Crippen molar-refractivity contribution >= 4 is 23.6 Å². The predicted molar refractivity (Wildman–Crippen MR) is 139 cm³/mol. The lowest BCUT2D eigenvalue weighted by molar-refractivity contribution is -0.143. The molecule has 1 saturated carbocycles. The summed E-state index contributed by atoms with van der Waals surface area (Å²) in [6, 6.07) is 12.0. The van der Waals surface area contributed by atoms with E-state index < -0.39 is 17.7 Å². The van der Waals surface area contributed by atoms with Crippen LogP contribution in [0.2, 0.25) is 0 Å². The average Bonchev–Trinajstić information content (AvgIpc) is 2.77. The van der Waals surface area contributed by atoms with Gasteiger partial charge in [-0.2, -0.15) is 0 Å². The number of hydrogen-bond acceptors (Lipinski definition) is 5. The number of ether oxygens (including phenoxy) is 2. The number of alkyl carbamates (subject to hydrolysis) is 1. The molecular weight excluding hydrogens is 458 g/mol. The lowest BCUT2D eigenvalue weighted by Crippen LogP contribution is -2.53. The number of methoxy groups -OCH3 is 1. The lowest BCUT2D eigenvalue weighted by atomic mass is 9.87. The number of benzene rings is 2. The first-order valence-electron chi connectivity index (χ1n) is 12.3. The highest BCUT2D eigenvalue weighted by Crippen LogP contribution is 2.35. The molecule has 1 fully saturated rings. The molecule has 3 rings (SSSR count). The van der Waals surface area contributed by atoms with Crippen LogP contribution in [0.3, 0.4) is 0 Å². The van der Waals surface area contributed by atoms with Crippen LogP contribution in [0.25, 0.3) is 0 Å². The van der Waals surface area contributed by atoms with E-state index in [0.717, 1.165) is 36.0 Å². The van der Waals surface area contributed by atoms with Crippen molar-refractivity contribution in [1.82, 2.24) is 10.2 Å². The van der Waals surface area contributed by atoms with Gasteiger partial charge in [0.15, 0.2) is 0 Å². The van der Waals surface area contributed by atoms with Crippen LogP contribution in [-0.2, 0) is 14.3 Å². The van der Waals surface area contributed by atoms with Gasteiger partial charge in [-0.15, -0.1) is 0 Å². The smallest absolute Gasteiger partial charge is 0.408 e. The van der Waals surface area contributed by atoms with Gasteiger partial charge in [0.05, 0.1) is 7.11 Å². The van der Waals surface area contributed by atoms with Crippen LogP contribution in [0.15, 0.2) is 42.5 Å². The third-order valence-electron chi connectivity index (χ3n) is 6.15. The monoisotopic (exact) mass is 495 g/mol. The third kappa shape index (κ3) is 6.99. The number of aryl methyl sites for hydroxylation is 2. The molecule has 0 saturated heterocycles. The number of rotatable bonds is 8. The highest BCUT2D eigenvalue weighted by atomic mass is 16.6. The van der Waals surface area contributed by atoms with Crippen molar-refractivity contribution in [3.05, 3.63) is 59.2 Å². The number of hydrogen-bond donors (Lipinski definition) is 2. The van der Waals surface area contributed by atoms with Crippen molar-refractivity contribution in [3.8, 4) is 5.75 Å². The molecule has 2 N–H and O–H groups in total. The zero-order valence-electron chi connectivity index (χ0n) is 22.0. The van der Waals surface area contributed by atoms with Gasteiger partial charge in [-0.3, -0.25) is 9.59 Å². The Morgan fingerprint density at radius 2 is 1.72 bits per heavy atom. The Bertz CT molecular complexity index is 1090. The normalized spacial score (nSPS) is 14.3. The fraction of sp³-hybridized carbons (Fsp3) is 0.464. The Labute approximate surface area is 213 Å². The van der Waals surface area contributed by atoms with E-state index in [4.69, 9.17) is 9.47 Å². The lowest BCUT2D eigenvalue weighted by Gasteiger charge is -2.42. The Morgan fingerprint density at radius 3 is 2.28 bits per heavy atom. The van der Waals surface area contributed by atoms with Crippen LogP contribution >= 0.6 is 0 Å². The topological polar surface area (TPSA) is 97.0 Å². The largest absolute Gasteiger partial charge is 0.497 e. The van der Waals surface area contributed by atoms with Crippen LogP contribution in [-0.4, -0.2) is 48.1 Å². The summed E-state index contributed by atoms with van der Waals surface area (Å²) < 4.78 is 10.5. The second-order valence-corrected chi connectivity index (χ2v) is 10.2. The Morgan fingerprint density at radius 1 is 1.06 bits per heavy atom.